The Bertz CT molecular complexity index is 817. The summed E-state index contributed by atoms with van der Waals surface area (Å²) >= 11 is 0. The minimum atomic E-state index is -0.499. The third kappa shape index (κ3) is 11.4. The number of hydrogen-bond acceptors (Lipinski definition) is 5. The van der Waals surface area contributed by atoms with Crippen molar-refractivity contribution < 1.29 is 19.1 Å². The quantitative estimate of drug-likeness (QED) is 0.447. The van der Waals surface area contributed by atoms with E-state index in [-0.39, 0.29) is 12.7 Å². The summed E-state index contributed by atoms with van der Waals surface area (Å²) < 4.78 is 10.4. The molecule has 0 aromatic heterocycles. The zero-order valence-corrected chi connectivity index (χ0v) is 19.3. The van der Waals surface area contributed by atoms with Gasteiger partial charge >= 0.3 is 12.2 Å². The molecule has 0 aliphatic rings. The van der Waals surface area contributed by atoms with Crippen molar-refractivity contribution in [2.45, 2.75) is 58.9 Å². The average molecular weight is 442 g/mol. The summed E-state index contributed by atoms with van der Waals surface area (Å²) in [6.45, 7) is 8.46. The maximum atomic E-state index is 11.7. The zero-order chi connectivity index (χ0) is 23.2. The van der Waals surface area contributed by atoms with E-state index in [0.29, 0.717) is 13.1 Å². The fraction of sp³-hybridized carbons (Fsp3) is 0.440. The Balaban J connectivity index is 1.50. The van der Waals surface area contributed by atoms with Gasteiger partial charge in [0.25, 0.3) is 0 Å². The fourth-order valence-electron chi connectivity index (χ4n) is 2.84. The van der Waals surface area contributed by atoms with E-state index < -0.39 is 11.7 Å². The van der Waals surface area contributed by atoms with E-state index in [2.05, 4.69) is 16.0 Å². The van der Waals surface area contributed by atoms with Crippen molar-refractivity contribution in [3.63, 3.8) is 0 Å². The molecule has 3 N–H and O–H groups in total. The maximum Gasteiger partial charge on any atom is 0.407 e. The van der Waals surface area contributed by atoms with Crippen molar-refractivity contribution in [1.29, 1.82) is 0 Å². The van der Waals surface area contributed by atoms with Gasteiger partial charge in [-0.25, -0.2) is 9.59 Å². The Kier molecular flexibility index (Phi) is 10.5. The number of nitrogens with one attached hydrogen (secondary N) is 3. The Labute approximate surface area is 190 Å². The first-order valence-electron chi connectivity index (χ1n) is 11.0. The molecule has 0 unspecified atom stereocenters. The Morgan fingerprint density at radius 2 is 1.38 bits per heavy atom. The molecule has 0 spiro atoms. The highest BCUT2D eigenvalue weighted by Crippen LogP contribution is 2.08. The largest absolute Gasteiger partial charge is 0.445 e. The average Bonchev–Trinajstić information content (AvgIpc) is 2.76. The number of hydrogen-bond donors (Lipinski definition) is 3. The van der Waals surface area contributed by atoms with Crippen LogP contribution in [0.4, 0.5) is 9.59 Å². The molecule has 2 rings (SSSR count). The molecule has 2 amide bonds. The van der Waals surface area contributed by atoms with E-state index in [1.807, 2.05) is 75.4 Å². The van der Waals surface area contributed by atoms with Gasteiger partial charge in [0.2, 0.25) is 0 Å². The van der Waals surface area contributed by atoms with Gasteiger partial charge in [-0.2, -0.15) is 0 Å². The number of ether oxygens (including phenoxy) is 2. The summed E-state index contributed by atoms with van der Waals surface area (Å²) in [6, 6.07) is 17.7. The summed E-state index contributed by atoms with van der Waals surface area (Å²) in [5.41, 5.74) is 2.67. The van der Waals surface area contributed by atoms with Crippen LogP contribution in [-0.4, -0.2) is 30.9 Å². The van der Waals surface area contributed by atoms with E-state index in [1.165, 1.54) is 5.56 Å². The van der Waals surface area contributed by atoms with Crippen LogP contribution in [0.2, 0.25) is 0 Å². The van der Waals surface area contributed by atoms with Crippen molar-refractivity contribution in [2.75, 3.05) is 13.1 Å². The number of rotatable bonds is 11. The number of carbonyl (C=O) groups is 2. The van der Waals surface area contributed by atoms with Gasteiger partial charge in [-0.15, -0.1) is 0 Å². The predicted octanol–water partition coefficient (Wildman–Crippen LogP) is 4.51. The highest BCUT2D eigenvalue weighted by molar-refractivity contribution is 5.67. The normalized spacial score (nSPS) is 11.0. The monoisotopic (exact) mass is 441 g/mol. The first-order chi connectivity index (χ1) is 15.3. The maximum absolute atomic E-state index is 11.7. The van der Waals surface area contributed by atoms with E-state index in [1.54, 1.807) is 0 Å². The topological polar surface area (TPSA) is 88.7 Å². The van der Waals surface area contributed by atoms with Crippen LogP contribution in [0.3, 0.4) is 0 Å². The second-order valence-corrected chi connectivity index (χ2v) is 8.54. The first-order valence-corrected chi connectivity index (χ1v) is 11.0. The summed E-state index contributed by atoms with van der Waals surface area (Å²) in [5, 5.41) is 8.93. The van der Waals surface area contributed by atoms with Crippen molar-refractivity contribution in [1.82, 2.24) is 16.0 Å². The van der Waals surface area contributed by atoms with E-state index in [4.69, 9.17) is 9.47 Å². The molecule has 174 valence electrons. The van der Waals surface area contributed by atoms with Crippen LogP contribution in [0.15, 0.2) is 54.6 Å². The molecule has 0 aliphatic carbocycles. The van der Waals surface area contributed by atoms with Gasteiger partial charge in [-0.1, -0.05) is 54.6 Å². The van der Waals surface area contributed by atoms with Gasteiger partial charge in [0.05, 0.1) is 0 Å². The molecule has 7 heteroatoms. The lowest BCUT2D eigenvalue weighted by Gasteiger charge is -2.19. The van der Waals surface area contributed by atoms with Gasteiger partial charge in [0.1, 0.15) is 12.2 Å². The lowest BCUT2D eigenvalue weighted by molar-refractivity contribution is 0.0523. The van der Waals surface area contributed by atoms with Gasteiger partial charge in [-0.3, -0.25) is 0 Å². The Morgan fingerprint density at radius 1 is 0.750 bits per heavy atom. The zero-order valence-electron chi connectivity index (χ0n) is 19.3. The van der Waals surface area contributed by atoms with Gasteiger partial charge in [0, 0.05) is 19.6 Å². The lowest BCUT2D eigenvalue weighted by Crippen LogP contribution is -2.32. The number of amides is 2. The van der Waals surface area contributed by atoms with Crippen LogP contribution in [0.5, 0.6) is 0 Å². The Hall–Kier alpha value is -3.06. The van der Waals surface area contributed by atoms with E-state index in [0.717, 1.165) is 37.1 Å². The highest BCUT2D eigenvalue weighted by Gasteiger charge is 2.15. The summed E-state index contributed by atoms with van der Waals surface area (Å²) in [6.07, 6.45) is 1.03. The standard InChI is InChI=1S/C25H35N3O4/c1-25(2,3)32-24(30)28-18-21-13-11-20(12-14-21)17-26-15-7-8-16-27-23(29)31-19-22-9-5-4-6-10-22/h4-6,9-14,26H,7-8,15-19H2,1-3H3,(H,27,29)(H,28,30). The summed E-state index contributed by atoms with van der Waals surface area (Å²) in [4.78, 5) is 23.4. The molecule has 0 saturated heterocycles. The number of alkyl carbamates (subject to hydrolysis) is 2. The first kappa shape index (κ1) is 25.2. The van der Waals surface area contributed by atoms with Crippen LogP contribution in [-0.2, 0) is 29.2 Å². The van der Waals surface area contributed by atoms with Crippen LogP contribution in [0.25, 0.3) is 0 Å². The van der Waals surface area contributed by atoms with Gasteiger partial charge in [-0.05, 0) is 56.8 Å². The molecule has 0 bridgehead atoms. The second-order valence-electron chi connectivity index (χ2n) is 8.54. The third-order valence-electron chi connectivity index (χ3n) is 4.45. The molecule has 0 fully saturated rings. The number of carbonyl (C=O) groups excluding carboxylic acids is 2. The molecule has 2 aromatic carbocycles. The van der Waals surface area contributed by atoms with Crippen molar-refractivity contribution in [3.8, 4) is 0 Å². The molecule has 0 atom stereocenters. The van der Waals surface area contributed by atoms with Crippen LogP contribution in [0, 0.1) is 0 Å². The third-order valence-corrected chi connectivity index (χ3v) is 4.45. The molecule has 7 nitrogen and oxygen atoms in total. The smallest absolute Gasteiger partial charge is 0.407 e. The molecule has 0 saturated carbocycles. The van der Waals surface area contributed by atoms with Crippen molar-refractivity contribution in [3.05, 3.63) is 71.3 Å². The molecule has 0 heterocycles. The molecule has 32 heavy (non-hydrogen) atoms. The molecular formula is C25H35N3O4. The lowest BCUT2D eigenvalue weighted by atomic mass is 10.1. The minimum Gasteiger partial charge on any atom is -0.445 e. The van der Waals surface area contributed by atoms with Gasteiger partial charge < -0.3 is 25.4 Å². The number of unbranched alkanes of at least 4 members (excludes halogenated alkanes) is 1. The second kappa shape index (κ2) is 13.4. The summed E-state index contributed by atoms with van der Waals surface area (Å²) in [5.74, 6) is 0. The number of benzene rings is 2. The van der Waals surface area contributed by atoms with E-state index in [9.17, 15) is 9.59 Å². The van der Waals surface area contributed by atoms with Gasteiger partial charge in [0.15, 0.2) is 0 Å². The minimum absolute atomic E-state index is 0.282. The highest BCUT2D eigenvalue weighted by atomic mass is 16.6. The molecule has 0 aliphatic heterocycles. The molecule has 0 radical (unpaired) electrons. The fourth-order valence-corrected chi connectivity index (χ4v) is 2.84. The van der Waals surface area contributed by atoms with Crippen LogP contribution < -0.4 is 16.0 Å². The van der Waals surface area contributed by atoms with Crippen LogP contribution in [0.1, 0.15) is 50.3 Å². The summed E-state index contributed by atoms with van der Waals surface area (Å²) in [7, 11) is 0. The van der Waals surface area contributed by atoms with Crippen LogP contribution >= 0.6 is 0 Å². The SMILES string of the molecule is CC(C)(C)OC(=O)NCc1ccc(CNCCCCNC(=O)OCc2ccccc2)cc1. The molecular weight excluding hydrogens is 406 g/mol. The molecule has 2 aromatic rings. The predicted molar refractivity (Wildman–Crippen MR) is 125 cm³/mol. The van der Waals surface area contributed by atoms with E-state index >= 15 is 0 Å². The Morgan fingerprint density at radius 3 is 2.03 bits per heavy atom. The van der Waals surface area contributed by atoms with Crippen molar-refractivity contribution >= 4 is 12.2 Å². The van der Waals surface area contributed by atoms with Crippen molar-refractivity contribution in [2.24, 2.45) is 0 Å².